The van der Waals surface area contributed by atoms with E-state index in [1.165, 1.54) is 4.90 Å². The van der Waals surface area contributed by atoms with Crippen LogP contribution in [0.5, 0.6) is 5.75 Å². The molecule has 3 aromatic rings. The van der Waals surface area contributed by atoms with E-state index in [4.69, 9.17) is 16.3 Å². The maximum Gasteiger partial charge on any atom is 0.300 e. The van der Waals surface area contributed by atoms with Gasteiger partial charge in [-0.25, -0.2) is 0 Å². The van der Waals surface area contributed by atoms with E-state index in [-0.39, 0.29) is 21.9 Å². The van der Waals surface area contributed by atoms with Gasteiger partial charge < -0.3 is 19.6 Å². The minimum absolute atomic E-state index is 0.0252. The summed E-state index contributed by atoms with van der Waals surface area (Å²) in [6, 6.07) is 19.2. The van der Waals surface area contributed by atoms with Crippen LogP contribution >= 0.6 is 11.6 Å². The van der Waals surface area contributed by atoms with Gasteiger partial charge in [0.05, 0.1) is 23.2 Å². The molecule has 1 heterocycles. The number of benzene rings is 3. The van der Waals surface area contributed by atoms with Crippen molar-refractivity contribution in [1.82, 2.24) is 0 Å². The molecule has 1 N–H and O–H groups in total. The topological polar surface area (TPSA) is 73.3 Å². The quantitative estimate of drug-likeness (QED) is 0.193. The van der Waals surface area contributed by atoms with E-state index in [1.807, 2.05) is 62.3 Å². The zero-order valence-corrected chi connectivity index (χ0v) is 23.7. The molecule has 1 fully saturated rings. The Balaban J connectivity index is 1.91. The third-order valence-electron chi connectivity index (χ3n) is 6.93. The molecule has 0 saturated carbocycles. The Hall–Kier alpha value is -3.97. The number of halogens is 1. The van der Waals surface area contributed by atoms with Crippen molar-refractivity contribution in [1.29, 1.82) is 0 Å². The minimum atomic E-state index is -0.854. The van der Waals surface area contributed by atoms with E-state index in [1.54, 1.807) is 30.3 Å². The smallest absolute Gasteiger partial charge is 0.300 e. The first kappa shape index (κ1) is 28.0. The van der Waals surface area contributed by atoms with Crippen LogP contribution in [0.15, 0.2) is 72.3 Å². The highest BCUT2D eigenvalue weighted by molar-refractivity contribution is 6.52. The van der Waals surface area contributed by atoms with Crippen LogP contribution in [-0.4, -0.2) is 50.6 Å². The Morgan fingerprint density at radius 2 is 1.54 bits per heavy atom. The lowest BCUT2D eigenvalue weighted by molar-refractivity contribution is -0.132. The summed E-state index contributed by atoms with van der Waals surface area (Å²) in [4.78, 5) is 32.7. The number of Topliss-reactive ketones (excluding diaryl/α,β-unsaturated/α-hetero) is 1. The number of carbonyl (C=O) groups is 2. The highest BCUT2D eigenvalue weighted by Gasteiger charge is 2.47. The average Bonchev–Trinajstić information content (AvgIpc) is 3.20. The summed E-state index contributed by atoms with van der Waals surface area (Å²) in [5.41, 5.74) is 3.43. The summed E-state index contributed by atoms with van der Waals surface area (Å²) in [6.07, 6.45) is 0. The van der Waals surface area contributed by atoms with Crippen LogP contribution in [0.1, 0.15) is 37.9 Å². The SMILES string of the molecule is CCOc1ccc(Cl)c(/C(O)=C2\C(=O)C(=O)N(c3ccc(N(C)C)cc3)C2c2ccc(N(CC)CC)cc2)c1. The van der Waals surface area contributed by atoms with Gasteiger partial charge in [0.2, 0.25) is 0 Å². The van der Waals surface area contributed by atoms with Crippen molar-refractivity contribution in [3.8, 4) is 5.75 Å². The molecule has 1 atom stereocenters. The molecule has 0 spiro atoms. The number of amides is 1. The van der Waals surface area contributed by atoms with Crippen molar-refractivity contribution >= 4 is 46.1 Å². The number of rotatable bonds is 9. The lowest BCUT2D eigenvalue weighted by Gasteiger charge is -2.27. The molecule has 1 aliphatic heterocycles. The molecule has 1 saturated heterocycles. The zero-order chi connectivity index (χ0) is 28.3. The van der Waals surface area contributed by atoms with Gasteiger partial charge in [-0.2, -0.15) is 0 Å². The molecule has 4 rings (SSSR count). The summed E-state index contributed by atoms with van der Waals surface area (Å²) < 4.78 is 5.59. The highest BCUT2D eigenvalue weighted by Crippen LogP contribution is 2.44. The van der Waals surface area contributed by atoms with Gasteiger partial charge in [-0.05, 0) is 80.9 Å². The van der Waals surface area contributed by atoms with Crippen molar-refractivity contribution in [2.45, 2.75) is 26.8 Å². The molecule has 1 aliphatic rings. The molecule has 0 aliphatic carbocycles. The first-order valence-corrected chi connectivity index (χ1v) is 13.5. The van der Waals surface area contributed by atoms with Crippen LogP contribution in [0.4, 0.5) is 17.1 Å². The molecule has 204 valence electrons. The van der Waals surface area contributed by atoms with Gasteiger partial charge in [-0.3, -0.25) is 14.5 Å². The van der Waals surface area contributed by atoms with Crippen LogP contribution in [0.3, 0.4) is 0 Å². The first-order chi connectivity index (χ1) is 18.7. The van der Waals surface area contributed by atoms with Crippen molar-refractivity contribution in [3.05, 3.63) is 88.5 Å². The summed E-state index contributed by atoms with van der Waals surface area (Å²) in [5.74, 6) is -1.34. The second-order valence-corrected chi connectivity index (χ2v) is 9.83. The number of aliphatic hydroxyl groups excluding tert-OH is 1. The molecule has 8 heteroatoms. The zero-order valence-electron chi connectivity index (χ0n) is 22.9. The van der Waals surface area contributed by atoms with Gasteiger partial charge in [-0.15, -0.1) is 0 Å². The summed E-state index contributed by atoms with van der Waals surface area (Å²) >= 11 is 6.47. The normalized spacial score (nSPS) is 16.5. The van der Waals surface area contributed by atoms with Crippen molar-refractivity contribution < 1.29 is 19.4 Å². The Morgan fingerprint density at radius 3 is 2.10 bits per heavy atom. The predicted octanol–water partition coefficient (Wildman–Crippen LogP) is 6.28. The number of hydrogen-bond donors (Lipinski definition) is 1. The van der Waals surface area contributed by atoms with E-state index < -0.39 is 17.7 Å². The number of anilines is 3. The lowest BCUT2D eigenvalue weighted by atomic mass is 9.94. The van der Waals surface area contributed by atoms with E-state index in [2.05, 4.69) is 18.7 Å². The Morgan fingerprint density at radius 1 is 0.923 bits per heavy atom. The van der Waals surface area contributed by atoms with E-state index in [0.29, 0.717) is 23.6 Å². The van der Waals surface area contributed by atoms with Crippen molar-refractivity contribution in [2.24, 2.45) is 0 Å². The summed E-state index contributed by atoms with van der Waals surface area (Å²) in [5, 5.41) is 11.8. The number of nitrogens with zero attached hydrogens (tertiary/aromatic N) is 3. The monoisotopic (exact) mass is 547 g/mol. The fraction of sp³-hybridized carbons (Fsp3) is 0.290. The fourth-order valence-electron chi connectivity index (χ4n) is 4.87. The van der Waals surface area contributed by atoms with Gasteiger partial charge >= 0.3 is 0 Å². The van der Waals surface area contributed by atoms with Gasteiger partial charge in [0.15, 0.2) is 0 Å². The van der Waals surface area contributed by atoms with Gasteiger partial charge in [-0.1, -0.05) is 23.7 Å². The molecule has 39 heavy (non-hydrogen) atoms. The molecule has 3 aromatic carbocycles. The van der Waals surface area contributed by atoms with Crippen LogP contribution in [0, 0.1) is 0 Å². The second-order valence-electron chi connectivity index (χ2n) is 9.42. The van der Waals surface area contributed by atoms with Gasteiger partial charge in [0.25, 0.3) is 11.7 Å². The molecule has 1 amide bonds. The summed E-state index contributed by atoms with van der Waals surface area (Å²) in [6.45, 7) is 8.15. The lowest BCUT2D eigenvalue weighted by Crippen LogP contribution is -2.29. The maximum atomic E-state index is 13.6. The fourth-order valence-corrected chi connectivity index (χ4v) is 5.08. The standard InChI is InChI=1S/C31H34ClN3O4/c1-6-34(7-2)22-11-9-20(10-12-22)28-27(29(36)25-19-24(39-8-3)17-18-26(25)32)30(37)31(38)35(28)23-15-13-21(14-16-23)33(4)5/h9-19,28,36H,6-8H2,1-5H3/b29-27+. The van der Waals surface area contributed by atoms with Gasteiger partial charge in [0.1, 0.15) is 11.5 Å². The molecule has 7 nitrogen and oxygen atoms in total. The molecule has 1 unspecified atom stereocenters. The predicted molar refractivity (Wildman–Crippen MR) is 158 cm³/mol. The largest absolute Gasteiger partial charge is 0.507 e. The number of ketones is 1. The minimum Gasteiger partial charge on any atom is -0.507 e. The van der Waals surface area contributed by atoms with Crippen LogP contribution < -0.4 is 19.4 Å². The molecule has 0 bridgehead atoms. The number of ether oxygens (including phenoxy) is 1. The Bertz CT molecular complexity index is 1380. The third kappa shape index (κ3) is 5.45. The number of hydrogen-bond acceptors (Lipinski definition) is 6. The molecule has 0 radical (unpaired) electrons. The second kappa shape index (κ2) is 11.8. The molecular weight excluding hydrogens is 514 g/mol. The highest BCUT2D eigenvalue weighted by atomic mass is 35.5. The molecular formula is C31H34ClN3O4. The average molecular weight is 548 g/mol. The van der Waals surface area contributed by atoms with E-state index in [0.717, 1.165) is 24.5 Å². The Labute approximate surface area is 234 Å². The van der Waals surface area contributed by atoms with Crippen LogP contribution in [0.2, 0.25) is 5.02 Å². The number of aliphatic hydroxyl groups is 1. The van der Waals surface area contributed by atoms with Crippen molar-refractivity contribution in [2.75, 3.05) is 48.5 Å². The van der Waals surface area contributed by atoms with Gasteiger partial charge in [0, 0.05) is 49.8 Å². The Kier molecular flexibility index (Phi) is 8.51. The maximum absolute atomic E-state index is 13.6. The first-order valence-electron chi connectivity index (χ1n) is 13.1. The third-order valence-corrected chi connectivity index (χ3v) is 7.26. The molecule has 0 aromatic heterocycles. The van der Waals surface area contributed by atoms with Crippen molar-refractivity contribution in [3.63, 3.8) is 0 Å². The van der Waals surface area contributed by atoms with E-state index >= 15 is 0 Å². The summed E-state index contributed by atoms with van der Waals surface area (Å²) in [7, 11) is 3.86. The van der Waals surface area contributed by atoms with Crippen LogP contribution in [-0.2, 0) is 9.59 Å². The number of carbonyl (C=O) groups excluding carboxylic acids is 2. The van der Waals surface area contributed by atoms with E-state index in [9.17, 15) is 14.7 Å². The van der Waals surface area contributed by atoms with Crippen LogP contribution in [0.25, 0.3) is 5.76 Å².